The molecule has 1 atom stereocenters. The van der Waals surface area contributed by atoms with Crippen LogP contribution in [0.1, 0.15) is 29.5 Å². The van der Waals surface area contributed by atoms with Crippen LogP contribution in [0.25, 0.3) is 0 Å². The third-order valence-corrected chi connectivity index (χ3v) is 4.76. The molecule has 1 unspecified atom stereocenters. The number of fused-ring (bicyclic) bond motifs is 1. The lowest BCUT2D eigenvalue weighted by Crippen LogP contribution is -2.40. The summed E-state index contributed by atoms with van der Waals surface area (Å²) >= 11 is 0. The Morgan fingerprint density at radius 3 is 2.81 bits per heavy atom. The minimum atomic E-state index is 0.0706. The monoisotopic (exact) mass is 281 g/mol. The van der Waals surface area contributed by atoms with Gasteiger partial charge in [0.25, 0.3) is 0 Å². The minimum Gasteiger partial charge on any atom is -0.497 e. The maximum absolute atomic E-state index is 6.24. The molecule has 2 nitrogen and oxygen atoms in total. The molecule has 1 aliphatic rings. The van der Waals surface area contributed by atoms with E-state index in [-0.39, 0.29) is 5.41 Å². The van der Waals surface area contributed by atoms with E-state index in [9.17, 15) is 0 Å². The first-order valence-corrected chi connectivity index (χ1v) is 7.69. The quantitative estimate of drug-likeness (QED) is 0.931. The maximum atomic E-state index is 6.24. The van der Waals surface area contributed by atoms with Crippen molar-refractivity contribution in [1.82, 2.24) is 0 Å². The first kappa shape index (κ1) is 14.2. The lowest BCUT2D eigenvalue weighted by Gasteiger charge is -2.38. The van der Waals surface area contributed by atoms with Gasteiger partial charge in [0.2, 0.25) is 0 Å². The molecule has 110 valence electrons. The molecule has 0 saturated heterocycles. The van der Waals surface area contributed by atoms with Gasteiger partial charge in [-0.1, -0.05) is 36.4 Å². The van der Waals surface area contributed by atoms with Gasteiger partial charge in [0.05, 0.1) is 7.11 Å². The molecule has 21 heavy (non-hydrogen) atoms. The van der Waals surface area contributed by atoms with Crippen LogP contribution in [0.3, 0.4) is 0 Å². The molecule has 0 heterocycles. The number of aryl methyl sites for hydroxylation is 1. The average Bonchev–Trinajstić information content (AvgIpc) is 2.55. The van der Waals surface area contributed by atoms with Crippen LogP contribution in [0.4, 0.5) is 0 Å². The van der Waals surface area contributed by atoms with Crippen molar-refractivity contribution in [3.8, 4) is 5.75 Å². The van der Waals surface area contributed by atoms with Crippen LogP contribution in [-0.4, -0.2) is 13.7 Å². The molecule has 2 heteroatoms. The predicted octanol–water partition coefficient (Wildman–Crippen LogP) is 3.47. The molecule has 0 radical (unpaired) electrons. The fourth-order valence-corrected chi connectivity index (χ4v) is 3.65. The fourth-order valence-electron chi connectivity index (χ4n) is 3.65. The second-order valence-electron chi connectivity index (χ2n) is 6.02. The first-order valence-electron chi connectivity index (χ1n) is 7.69. The second-order valence-corrected chi connectivity index (χ2v) is 6.02. The zero-order chi connectivity index (χ0) is 14.7. The molecule has 0 spiro atoms. The Balaban J connectivity index is 1.98. The fraction of sp³-hybridized carbons (Fsp3) is 0.368. The largest absolute Gasteiger partial charge is 0.497 e. The lowest BCUT2D eigenvalue weighted by atomic mass is 9.67. The van der Waals surface area contributed by atoms with E-state index in [4.69, 9.17) is 10.5 Å². The molecule has 0 bridgehead atoms. The molecule has 0 amide bonds. The second kappa shape index (κ2) is 5.90. The highest BCUT2D eigenvalue weighted by molar-refractivity contribution is 5.40. The Morgan fingerprint density at radius 2 is 2.00 bits per heavy atom. The predicted molar refractivity (Wildman–Crippen MR) is 86.8 cm³/mol. The van der Waals surface area contributed by atoms with Crippen molar-refractivity contribution in [2.24, 2.45) is 5.73 Å². The molecule has 2 aromatic carbocycles. The van der Waals surface area contributed by atoms with E-state index in [1.165, 1.54) is 29.5 Å². The highest BCUT2D eigenvalue weighted by Gasteiger charge is 2.35. The summed E-state index contributed by atoms with van der Waals surface area (Å²) in [5.41, 5.74) is 10.5. The van der Waals surface area contributed by atoms with Gasteiger partial charge in [0, 0.05) is 12.0 Å². The summed E-state index contributed by atoms with van der Waals surface area (Å²) in [6.07, 6.45) is 4.55. The summed E-state index contributed by atoms with van der Waals surface area (Å²) in [6.45, 7) is 0.696. The van der Waals surface area contributed by atoms with E-state index >= 15 is 0 Å². The van der Waals surface area contributed by atoms with Crippen LogP contribution in [-0.2, 0) is 18.3 Å². The number of methoxy groups -OCH3 is 1. The Morgan fingerprint density at radius 1 is 1.14 bits per heavy atom. The van der Waals surface area contributed by atoms with Gasteiger partial charge < -0.3 is 10.5 Å². The molecule has 1 aliphatic carbocycles. The van der Waals surface area contributed by atoms with Crippen LogP contribution in [0, 0.1) is 0 Å². The van der Waals surface area contributed by atoms with Crippen molar-refractivity contribution in [1.29, 1.82) is 0 Å². The topological polar surface area (TPSA) is 35.2 Å². The lowest BCUT2D eigenvalue weighted by molar-refractivity contribution is 0.364. The molecule has 0 saturated carbocycles. The molecule has 0 fully saturated rings. The molecular formula is C19H23NO. The number of hydrogen-bond donors (Lipinski definition) is 1. The Labute approximate surface area is 126 Å². The Kier molecular flexibility index (Phi) is 3.98. The number of rotatable bonds is 4. The van der Waals surface area contributed by atoms with Crippen molar-refractivity contribution in [2.75, 3.05) is 13.7 Å². The van der Waals surface area contributed by atoms with Gasteiger partial charge in [-0.15, -0.1) is 0 Å². The average molecular weight is 281 g/mol. The summed E-state index contributed by atoms with van der Waals surface area (Å²) in [4.78, 5) is 0. The third-order valence-electron chi connectivity index (χ3n) is 4.76. The summed E-state index contributed by atoms with van der Waals surface area (Å²) < 4.78 is 5.35. The normalized spacial score (nSPS) is 20.9. The summed E-state index contributed by atoms with van der Waals surface area (Å²) in [6, 6.07) is 17.2. The van der Waals surface area contributed by atoms with Gasteiger partial charge in [-0.3, -0.25) is 0 Å². The standard InChI is InChI=1S/C19H23NO/c1-21-17-9-4-6-15(12-17)13-19(14-20)11-5-8-16-7-2-3-10-18(16)19/h2-4,6-7,9-10,12H,5,8,11,13-14,20H2,1H3. The van der Waals surface area contributed by atoms with Crippen molar-refractivity contribution < 1.29 is 4.74 Å². The van der Waals surface area contributed by atoms with E-state index < -0.39 is 0 Å². The molecule has 0 aromatic heterocycles. The van der Waals surface area contributed by atoms with E-state index in [1.807, 2.05) is 6.07 Å². The molecule has 2 aromatic rings. The van der Waals surface area contributed by atoms with Crippen LogP contribution >= 0.6 is 0 Å². The van der Waals surface area contributed by atoms with Crippen molar-refractivity contribution in [2.45, 2.75) is 31.1 Å². The molecule has 3 rings (SSSR count). The van der Waals surface area contributed by atoms with Gasteiger partial charge in [-0.05, 0) is 54.5 Å². The van der Waals surface area contributed by atoms with Gasteiger partial charge in [0.15, 0.2) is 0 Å². The van der Waals surface area contributed by atoms with Crippen molar-refractivity contribution >= 4 is 0 Å². The van der Waals surface area contributed by atoms with E-state index in [2.05, 4.69) is 42.5 Å². The first-order chi connectivity index (χ1) is 10.3. The van der Waals surface area contributed by atoms with Crippen LogP contribution in [0.5, 0.6) is 5.75 Å². The maximum Gasteiger partial charge on any atom is 0.119 e. The number of hydrogen-bond acceptors (Lipinski definition) is 2. The van der Waals surface area contributed by atoms with E-state index in [0.717, 1.165) is 18.6 Å². The highest BCUT2D eigenvalue weighted by atomic mass is 16.5. The summed E-state index contributed by atoms with van der Waals surface area (Å²) in [7, 11) is 1.72. The Bertz CT molecular complexity index is 622. The van der Waals surface area contributed by atoms with Crippen LogP contribution in [0.2, 0.25) is 0 Å². The Hall–Kier alpha value is -1.80. The van der Waals surface area contributed by atoms with Gasteiger partial charge in [-0.25, -0.2) is 0 Å². The smallest absolute Gasteiger partial charge is 0.119 e. The van der Waals surface area contributed by atoms with Crippen molar-refractivity contribution in [3.63, 3.8) is 0 Å². The molecule has 2 N–H and O–H groups in total. The van der Waals surface area contributed by atoms with Crippen molar-refractivity contribution in [3.05, 3.63) is 65.2 Å². The van der Waals surface area contributed by atoms with E-state index in [0.29, 0.717) is 6.54 Å². The zero-order valence-electron chi connectivity index (χ0n) is 12.6. The number of nitrogens with two attached hydrogens (primary N) is 1. The summed E-state index contributed by atoms with van der Waals surface area (Å²) in [5, 5.41) is 0. The number of ether oxygens (including phenoxy) is 1. The molecule has 0 aliphatic heterocycles. The number of benzene rings is 2. The summed E-state index contributed by atoms with van der Waals surface area (Å²) in [5.74, 6) is 0.920. The third kappa shape index (κ3) is 2.68. The molecular weight excluding hydrogens is 258 g/mol. The zero-order valence-corrected chi connectivity index (χ0v) is 12.6. The van der Waals surface area contributed by atoms with Gasteiger partial charge in [-0.2, -0.15) is 0 Å². The SMILES string of the molecule is COc1cccc(CC2(CN)CCCc3ccccc32)c1. The van der Waals surface area contributed by atoms with Crippen LogP contribution in [0.15, 0.2) is 48.5 Å². The highest BCUT2D eigenvalue weighted by Crippen LogP contribution is 2.39. The van der Waals surface area contributed by atoms with Crippen LogP contribution < -0.4 is 10.5 Å². The van der Waals surface area contributed by atoms with Gasteiger partial charge >= 0.3 is 0 Å². The van der Waals surface area contributed by atoms with E-state index in [1.54, 1.807) is 7.11 Å². The van der Waals surface area contributed by atoms with Gasteiger partial charge in [0.1, 0.15) is 5.75 Å². The minimum absolute atomic E-state index is 0.0706.